The fourth-order valence-electron chi connectivity index (χ4n) is 4.60. The smallest absolute Gasteiger partial charge is 0.269 e. The van der Waals surface area contributed by atoms with E-state index in [0.29, 0.717) is 13.0 Å². The second-order valence-corrected chi connectivity index (χ2v) is 10.9. The number of amides is 3. The number of carbonyl (C=O) groups is 3. The molecule has 1 N–H and O–H groups in total. The van der Waals surface area contributed by atoms with E-state index in [1.807, 2.05) is 67.6 Å². The van der Waals surface area contributed by atoms with Crippen LogP contribution in [0.15, 0.2) is 89.8 Å². The number of carbonyl (C=O) groups excluding carboxylic acids is 3. The van der Waals surface area contributed by atoms with Crippen LogP contribution in [0.4, 0.5) is 0 Å². The molecular formula is C29H31N3O5S. The van der Waals surface area contributed by atoms with Gasteiger partial charge in [-0.25, -0.2) is 12.7 Å². The summed E-state index contributed by atoms with van der Waals surface area (Å²) < 4.78 is 26.6. The van der Waals surface area contributed by atoms with Crippen LogP contribution in [-0.4, -0.2) is 54.5 Å². The second kappa shape index (κ2) is 12.0. The van der Waals surface area contributed by atoms with Gasteiger partial charge in [0.15, 0.2) is 0 Å². The Morgan fingerprint density at radius 2 is 1.50 bits per heavy atom. The number of nitrogens with zero attached hydrogens (tertiary/aromatic N) is 2. The molecule has 1 aliphatic rings. The van der Waals surface area contributed by atoms with Crippen molar-refractivity contribution < 1.29 is 22.8 Å². The van der Waals surface area contributed by atoms with Gasteiger partial charge in [0, 0.05) is 32.5 Å². The van der Waals surface area contributed by atoms with Gasteiger partial charge in [0.1, 0.15) is 10.9 Å². The van der Waals surface area contributed by atoms with Gasteiger partial charge in [-0.2, -0.15) is 0 Å². The van der Waals surface area contributed by atoms with Crippen molar-refractivity contribution in [2.75, 3.05) is 13.1 Å². The Morgan fingerprint density at radius 1 is 0.895 bits per heavy atom. The number of fused-ring (bicyclic) bond motifs is 1. The number of hydrogen-bond donors (Lipinski definition) is 1. The van der Waals surface area contributed by atoms with Crippen LogP contribution in [0.1, 0.15) is 41.3 Å². The zero-order valence-corrected chi connectivity index (χ0v) is 22.1. The predicted molar refractivity (Wildman–Crippen MR) is 144 cm³/mol. The third-order valence-electron chi connectivity index (χ3n) is 6.48. The minimum absolute atomic E-state index is 0.0128. The molecule has 0 aliphatic carbocycles. The Hall–Kier alpha value is -3.98. The number of sulfonamides is 1. The molecule has 8 nitrogen and oxygen atoms in total. The van der Waals surface area contributed by atoms with Crippen molar-refractivity contribution in [3.63, 3.8) is 0 Å². The lowest BCUT2D eigenvalue weighted by atomic mass is 10.0. The summed E-state index contributed by atoms with van der Waals surface area (Å²) in [4.78, 5) is 41.1. The molecule has 4 rings (SSSR count). The Labute approximate surface area is 223 Å². The minimum atomic E-state index is -3.95. The van der Waals surface area contributed by atoms with Crippen LogP contribution < -0.4 is 5.32 Å². The summed E-state index contributed by atoms with van der Waals surface area (Å²) in [6, 6.07) is 24.3. The average molecular weight is 534 g/mol. The molecule has 0 bridgehead atoms. The monoisotopic (exact) mass is 533 g/mol. The molecule has 3 aromatic rings. The van der Waals surface area contributed by atoms with E-state index in [4.69, 9.17) is 0 Å². The van der Waals surface area contributed by atoms with Crippen molar-refractivity contribution in [1.29, 1.82) is 0 Å². The topological polar surface area (TPSA) is 104 Å². The SMILES string of the molecule is CCNC(=O)[C@@H](Cc1ccccc1)N(Cc1ccccc1)C(=O)CCCN1C(=O)c2ccccc2S1(=O)=O. The molecule has 38 heavy (non-hydrogen) atoms. The molecule has 9 heteroatoms. The molecule has 3 amide bonds. The predicted octanol–water partition coefficient (Wildman–Crippen LogP) is 3.39. The number of benzene rings is 3. The summed E-state index contributed by atoms with van der Waals surface area (Å²) in [5.74, 6) is -1.13. The molecule has 1 heterocycles. The fraction of sp³-hybridized carbons (Fsp3) is 0.276. The minimum Gasteiger partial charge on any atom is -0.355 e. The van der Waals surface area contributed by atoms with Crippen molar-refractivity contribution in [1.82, 2.24) is 14.5 Å². The van der Waals surface area contributed by atoms with Gasteiger partial charge in [-0.05, 0) is 36.6 Å². The maximum Gasteiger partial charge on any atom is 0.269 e. The Bertz CT molecular complexity index is 1390. The third-order valence-corrected chi connectivity index (χ3v) is 8.32. The summed E-state index contributed by atoms with van der Waals surface area (Å²) in [5.41, 5.74) is 1.93. The summed E-state index contributed by atoms with van der Waals surface area (Å²) >= 11 is 0. The van der Waals surface area contributed by atoms with Crippen LogP contribution in [0.2, 0.25) is 0 Å². The first-order chi connectivity index (χ1) is 18.3. The first-order valence-electron chi connectivity index (χ1n) is 12.6. The number of likely N-dealkylation sites (N-methyl/N-ethyl adjacent to an activating group) is 1. The van der Waals surface area contributed by atoms with Crippen LogP contribution in [0.5, 0.6) is 0 Å². The zero-order valence-electron chi connectivity index (χ0n) is 21.2. The van der Waals surface area contributed by atoms with E-state index < -0.39 is 22.0 Å². The highest BCUT2D eigenvalue weighted by Gasteiger charge is 2.40. The van der Waals surface area contributed by atoms with Gasteiger partial charge >= 0.3 is 0 Å². The molecule has 0 saturated carbocycles. The largest absolute Gasteiger partial charge is 0.355 e. The molecule has 0 fully saturated rings. The molecule has 0 radical (unpaired) electrons. The van der Waals surface area contributed by atoms with E-state index in [0.717, 1.165) is 15.4 Å². The summed E-state index contributed by atoms with van der Waals surface area (Å²) in [5, 5.41) is 2.85. The third kappa shape index (κ3) is 5.94. The maximum atomic E-state index is 13.6. The van der Waals surface area contributed by atoms with E-state index in [9.17, 15) is 22.8 Å². The molecule has 0 spiro atoms. The Balaban J connectivity index is 1.53. The van der Waals surface area contributed by atoms with E-state index in [1.165, 1.54) is 12.1 Å². The number of hydrogen-bond acceptors (Lipinski definition) is 5. The van der Waals surface area contributed by atoms with Crippen LogP contribution in [0.25, 0.3) is 0 Å². The van der Waals surface area contributed by atoms with Gasteiger partial charge in [0.05, 0.1) is 5.56 Å². The van der Waals surface area contributed by atoms with Gasteiger partial charge in [0.2, 0.25) is 11.8 Å². The van der Waals surface area contributed by atoms with Crippen molar-refractivity contribution in [2.24, 2.45) is 0 Å². The van der Waals surface area contributed by atoms with Gasteiger partial charge in [-0.1, -0.05) is 72.8 Å². The molecule has 0 aromatic heterocycles. The van der Waals surface area contributed by atoms with Crippen molar-refractivity contribution in [2.45, 2.75) is 43.7 Å². The maximum absolute atomic E-state index is 13.6. The number of nitrogens with one attached hydrogen (secondary N) is 1. The quantitative estimate of drug-likeness (QED) is 0.407. The molecule has 1 atom stereocenters. The van der Waals surface area contributed by atoms with E-state index in [2.05, 4.69) is 5.32 Å². The lowest BCUT2D eigenvalue weighted by Gasteiger charge is -2.31. The molecule has 0 saturated heterocycles. The first-order valence-corrected chi connectivity index (χ1v) is 14.1. The standard InChI is InChI=1S/C29H31N3O5S/c1-2-30-28(34)25(20-22-12-5-3-6-13-22)31(21-23-14-7-4-8-15-23)27(33)18-11-19-32-29(35)24-16-9-10-17-26(24)38(32,36)37/h3-10,12-17,25H,2,11,18-21H2,1H3,(H,30,34)/t25-/m1/s1. The van der Waals surface area contributed by atoms with Gasteiger partial charge in [-0.3, -0.25) is 14.4 Å². The van der Waals surface area contributed by atoms with Gasteiger partial charge < -0.3 is 10.2 Å². The molecule has 3 aromatic carbocycles. The van der Waals surface area contributed by atoms with Crippen molar-refractivity contribution in [3.05, 3.63) is 102 Å². The van der Waals surface area contributed by atoms with Gasteiger partial charge in [0.25, 0.3) is 15.9 Å². The molecule has 1 aliphatic heterocycles. The lowest BCUT2D eigenvalue weighted by Crippen LogP contribution is -2.50. The van der Waals surface area contributed by atoms with Crippen molar-refractivity contribution in [3.8, 4) is 0 Å². The van der Waals surface area contributed by atoms with E-state index in [-0.39, 0.29) is 48.2 Å². The highest BCUT2D eigenvalue weighted by Crippen LogP contribution is 2.30. The summed E-state index contributed by atoms with van der Waals surface area (Å²) in [7, 11) is -3.95. The average Bonchev–Trinajstić information content (AvgIpc) is 3.12. The van der Waals surface area contributed by atoms with Crippen molar-refractivity contribution >= 4 is 27.7 Å². The highest BCUT2D eigenvalue weighted by atomic mass is 32.2. The second-order valence-electron chi connectivity index (χ2n) is 9.09. The zero-order chi connectivity index (χ0) is 27.1. The Kier molecular flexibility index (Phi) is 8.58. The lowest BCUT2D eigenvalue weighted by molar-refractivity contribution is -0.141. The van der Waals surface area contributed by atoms with Crippen LogP contribution in [0.3, 0.4) is 0 Å². The first kappa shape index (κ1) is 27.1. The van der Waals surface area contributed by atoms with E-state index in [1.54, 1.807) is 17.0 Å². The van der Waals surface area contributed by atoms with E-state index >= 15 is 0 Å². The highest BCUT2D eigenvalue weighted by molar-refractivity contribution is 7.90. The van der Waals surface area contributed by atoms with Crippen LogP contribution >= 0.6 is 0 Å². The summed E-state index contributed by atoms with van der Waals surface area (Å²) in [6.07, 6.45) is 0.448. The molecule has 0 unspecified atom stereocenters. The fourth-order valence-corrected chi connectivity index (χ4v) is 6.20. The van der Waals surface area contributed by atoms with Crippen LogP contribution in [-0.2, 0) is 32.6 Å². The van der Waals surface area contributed by atoms with Gasteiger partial charge in [-0.15, -0.1) is 0 Å². The Morgan fingerprint density at radius 3 is 2.13 bits per heavy atom. The van der Waals surface area contributed by atoms with Crippen LogP contribution in [0, 0.1) is 0 Å². The summed E-state index contributed by atoms with van der Waals surface area (Å²) in [6.45, 7) is 2.35. The molecule has 198 valence electrons. The number of rotatable bonds is 11. The normalized spacial score (nSPS) is 14.6. The molecular weight excluding hydrogens is 502 g/mol.